The number of carbonyl (C=O) groups is 2. The highest BCUT2D eigenvalue weighted by Crippen LogP contribution is 2.20. The van der Waals surface area contributed by atoms with E-state index >= 15 is 0 Å². The number of amides is 1. The summed E-state index contributed by atoms with van der Waals surface area (Å²) in [6.07, 6.45) is -0.274. The SMILES string of the molecule is CC(C)c1ccc(C(O)C(=O)O[C@H](C)C(=O)N2CCCC2)cc1. The molecule has 2 rings (SSSR count). The third-order valence-corrected chi connectivity index (χ3v) is 4.20. The van der Waals surface area contributed by atoms with Crippen molar-refractivity contribution in [1.82, 2.24) is 4.90 Å². The summed E-state index contributed by atoms with van der Waals surface area (Å²) in [5, 5.41) is 10.1. The van der Waals surface area contributed by atoms with Crippen molar-refractivity contribution < 1.29 is 19.4 Å². The summed E-state index contributed by atoms with van der Waals surface area (Å²) in [4.78, 5) is 25.9. The van der Waals surface area contributed by atoms with Crippen LogP contribution in [-0.4, -0.2) is 41.1 Å². The molecule has 0 aromatic heterocycles. The predicted molar refractivity (Wildman–Crippen MR) is 86.9 cm³/mol. The zero-order valence-corrected chi connectivity index (χ0v) is 14.0. The van der Waals surface area contributed by atoms with Crippen molar-refractivity contribution in [3.05, 3.63) is 35.4 Å². The molecular formula is C18H25NO4. The molecule has 0 aliphatic carbocycles. The Balaban J connectivity index is 1.94. The standard InChI is InChI=1S/C18H25NO4/c1-12(2)14-6-8-15(9-7-14)16(20)18(22)23-13(3)17(21)19-10-4-5-11-19/h6-9,12-13,16,20H,4-5,10-11H2,1-3H3/t13-,16?/m1/s1. The highest BCUT2D eigenvalue weighted by molar-refractivity contribution is 5.85. The van der Waals surface area contributed by atoms with Crippen molar-refractivity contribution in [3.8, 4) is 0 Å². The van der Waals surface area contributed by atoms with E-state index in [-0.39, 0.29) is 5.91 Å². The molecule has 126 valence electrons. The minimum atomic E-state index is -1.37. The molecule has 1 fully saturated rings. The Morgan fingerprint density at radius 1 is 1.04 bits per heavy atom. The molecule has 1 heterocycles. The second kappa shape index (κ2) is 7.59. The first-order valence-electron chi connectivity index (χ1n) is 8.17. The van der Waals surface area contributed by atoms with Gasteiger partial charge in [-0.25, -0.2) is 4.79 Å². The number of esters is 1. The van der Waals surface area contributed by atoms with E-state index in [1.54, 1.807) is 24.0 Å². The number of ether oxygens (including phenoxy) is 1. The van der Waals surface area contributed by atoms with Gasteiger partial charge >= 0.3 is 5.97 Å². The lowest BCUT2D eigenvalue weighted by Crippen LogP contribution is -2.38. The summed E-state index contributed by atoms with van der Waals surface area (Å²) in [6, 6.07) is 7.20. The van der Waals surface area contributed by atoms with Gasteiger partial charge in [-0.3, -0.25) is 4.79 Å². The molecule has 1 aromatic carbocycles. The summed E-state index contributed by atoms with van der Waals surface area (Å²) in [6.45, 7) is 7.11. The van der Waals surface area contributed by atoms with E-state index in [1.165, 1.54) is 0 Å². The quantitative estimate of drug-likeness (QED) is 0.846. The number of benzene rings is 1. The summed E-state index contributed by atoms with van der Waals surface area (Å²) in [5.74, 6) is -0.605. The van der Waals surface area contributed by atoms with Crippen LogP contribution < -0.4 is 0 Å². The second-order valence-corrected chi connectivity index (χ2v) is 6.34. The molecule has 1 amide bonds. The second-order valence-electron chi connectivity index (χ2n) is 6.34. The highest BCUT2D eigenvalue weighted by Gasteiger charge is 2.28. The smallest absolute Gasteiger partial charge is 0.340 e. The van der Waals surface area contributed by atoms with Gasteiger partial charge in [-0.15, -0.1) is 0 Å². The van der Waals surface area contributed by atoms with E-state index in [4.69, 9.17) is 4.74 Å². The van der Waals surface area contributed by atoms with Gasteiger partial charge in [0.15, 0.2) is 12.2 Å². The van der Waals surface area contributed by atoms with Gasteiger partial charge < -0.3 is 14.7 Å². The number of likely N-dealkylation sites (tertiary alicyclic amines) is 1. The maximum Gasteiger partial charge on any atom is 0.340 e. The van der Waals surface area contributed by atoms with E-state index in [9.17, 15) is 14.7 Å². The van der Waals surface area contributed by atoms with Crippen LogP contribution in [0.3, 0.4) is 0 Å². The first-order valence-corrected chi connectivity index (χ1v) is 8.17. The molecule has 1 aliphatic rings. The molecule has 1 unspecified atom stereocenters. The predicted octanol–water partition coefficient (Wildman–Crippen LogP) is 2.40. The Morgan fingerprint density at radius 3 is 2.09 bits per heavy atom. The van der Waals surface area contributed by atoms with Gasteiger partial charge in [-0.1, -0.05) is 38.1 Å². The molecule has 0 spiro atoms. The van der Waals surface area contributed by atoms with Gasteiger partial charge in [-0.05, 0) is 36.8 Å². The third-order valence-electron chi connectivity index (χ3n) is 4.20. The molecule has 1 saturated heterocycles. The van der Waals surface area contributed by atoms with Gasteiger partial charge in [0.2, 0.25) is 0 Å². The Kier molecular flexibility index (Phi) is 5.77. The zero-order valence-electron chi connectivity index (χ0n) is 14.0. The maximum atomic E-state index is 12.1. The monoisotopic (exact) mass is 319 g/mol. The van der Waals surface area contributed by atoms with Gasteiger partial charge in [0.25, 0.3) is 5.91 Å². The highest BCUT2D eigenvalue weighted by atomic mass is 16.6. The Bertz CT molecular complexity index is 547. The summed E-state index contributed by atoms with van der Waals surface area (Å²) in [5.41, 5.74) is 1.60. The normalized spacial score (nSPS) is 17.2. The molecule has 1 aliphatic heterocycles. The summed E-state index contributed by atoms with van der Waals surface area (Å²) in [7, 11) is 0. The van der Waals surface area contributed by atoms with Gasteiger partial charge in [0, 0.05) is 13.1 Å². The molecule has 5 nitrogen and oxygen atoms in total. The first kappa shape index (κ1) is 17.5. The van der Waals surface area contributed by atoms with Crippen LogP contribution in [0.4, 0.5) is 0 Å². The minimum Gasteiger partial charge on any atom is -0.450 e. The van der Waals surface area contributed by atoms with Crippen LogP contribution in [0.25, 0.3) is 0 Å². The topological polar surface area (TPSA) is 66.8 Å². The van der Waals surface area contributed by atoms with Crippen LogP contribution in [0, 0.1) is 0 Å². The van der Waals surface area contributed by atoms with Crippen molar-refractivity contribution in [2.24, 2.45) is 0 Å². The van der Waals surface area contributed by atoms with Crippen LogP contribution in [0.1, 0.15) is 56.8 Å². The fourth-order valence-electron chi connectivity index (χ4n) is 2.68. The van der Waals surface area contributed by atoms with E-state index in [2.05, 4.69) is 13.8 Å². The number of hydrogen-bond donors (Lipinski definition) is 1. The minimum absolute atomic E-state index is 0.196. The molecule has 0 radical (unpaired) electrons. The van der Waals surface area contributed by atoms with E-state index < -0.39 is 18.2 Å². The maximum absolute atomic E-state index is 12.1. The van der Waals surface area contributed by atoms with Crippen LogP contribution in [0.5, 0.6) is 0 Å². The molecule has 0 saturated carbocycles. The fraction of sp³-hybridized carbons (Fsp3) is 0.556. The molecule has 1 aromatic rings. The number of nitrogens with zero attached hydrogens (tertiary/aromatic N) is 1. The Labute approximate surface area is 137 Å². The number of aliphatic hydroxyl groups is 1. The lowest BCUT2D eigenvalue weighted by atomic mass is 10.00. The van der Waals surface area contributed by atoms with Crippen LogP contribution in [0.2, 0.25) is 0 Å². The average Bonchev–Trinajstić information content (AvgIpc) is 3.07. The van der Waals surface area contributed by atoms with Gasteiger partial charge in [0.05, 0.1) is 0 Å². The van der Waals surface area contributed by atoms with Crippen molar-refractivity contribution in [3.63, 3.8) is 0 Å². The third kappa shape index (κ3) is 4.32. The Morgan fingerprint density at radius 2 is 1.57 bits per heavy atom. The summed E-state index contributed by atoms with van der Waals surface area (Å²) >= 11 is 0. The van der Waals surface area contributed by atoms with Crippen LogP contribution >= 0.6 is 0 Å². The van der Waals surface area contributed by atoms with E-state index in [0.717, 1.165) is 18.4 Å². The number of hydrogen-bond acceptors (Lipinski definition) is 4. The lowest BCUT2D eigenvalue weighted by molar-refractivity contribution is -0.166. The first-order chi connectivity index (χ1) is 10.9. The van der Waals surface area contributed by atoms with Crippen molar-refractivity contribution in [2.75, 3.05) is 13.1 Å². The number of aliphatic hydroxyl groups excluding tert-OH is 1. The van der Waals surface area contributed by atoms with Crippen molar-refractivity contribution in [1.29, 1.82) is 0 Å². The zero-order chi connectivity index (χ0) is 17.0. The van der Waals surface area contributed by atoms with Crippen molar-refractivity contribution in [2.45, 2.75) is 51.7 Å². The number of carbonyl (C=O) groups excluding carboxylic acids is 2. The summed E-state index contributed by atoms with van der Waals surface area (Å²) < 4.78 is 5.14. The van der Waals surface area contributed by atoms with Gasteiger partial charge in [0.1, 0.15) is 0 Å². The van der Waals surface area contributed by atoms with E-state index in [1.807, 2.05) is 12.1 Å². The van der Waals surface area contributed by atoms with Gasteiger partial charge in [-0.2, -0.15) is 0 Å². The van der Waals surface area contributed by atoms with Crippen molar-refractivity contribution >= 4 is 11.9 Å². The molecule has 0 bridgehead atoms. The Hall–Kier alpha value is -1.88. The van der Waals surface area contributed by atoms with Crippen LogP contribution in [0.15, 0.2) is 24.3 Å². The molecular weight excluding hydrogens is 294 g/mol. The lowest BCUT2D eigenvalue weighted by Gasteiger charge is -2.21. The average molecular weight is 319 g/mol. The molecule has 5 heteroatoms. The fourth-order valence-corrected chi connectivity index (χ4v) is 2.68. The number of rotatable bonds is 5. The van der Waals surface area contributed by atoms with E-state index in [0.29, 0.717) is 24.6 Å². The molecule has 1 N–H and O–H groups in total. The van der Waals surface area contributed by atoms with Crippen LogP contribution in [-0.2, 0) is 14.3 Å². The largest absolute Gasteiger partial charge is 0.450 e. The molecule has 23 heavy (non-hydrogen) atoms. The molecule has 2 atom stereocenters.